The molecule has 3 rings (SSSR count). The Morgan fingerprint density at radius 1 is 1.31 bits per heavy atom. The number of aryl methyl sites for hydroxylation is 1. The summed E-state index contributed by atoms with van der Waals surface area (Å²) >= 11 is 0. The van der Waals surface area contributed by atoms with Gasteiger partial charge in [-0.1, -0.05) is 0 Å². The lowest BCUT2D eigenvalue weighted by Crippen LogP contribution is -2.42. The highest BCUT2D eigenvalue weighted by Crippen LogP contribution is 2.50. The highest BCUT2D eigenvalue weighted by atomic mass is 35.5. The van der Waals surface area contributed by atoms with Crippen molar-refractivity contribution in [2.24, 2.45) is 7.05 Å². The highest BCUT2D eigenvalue weighted by Gasteiger charge is 2.49. The summed E-state index contributed by atoms with van der Waals surface area (Å²) in [4.78, 5) is 11.8. The molecule has 148 valence electrons. The molecule has 0 radical (unpaired) electrons. The maximum Gasteiger partial charge on any atom is 0.405 e. The maximum atomic E-state index is 13.2. The molecule has 0 bridgehead atoms. The molecule has 1 aliphatic carbocycles. The van der Waals surface area contributed by atoms with Gasteiger partial charge in [-0.3, -0.25) is 10.00 Å². The fourth-order valence-electron chi connectivity index (χ4n) is 3.09. The number of hydrogen-bond donors (Lipinski definition) is 3. The quantitative estimate of drug-likeness (QED) is 0.677. The Morgan fingerprint density at radius 2 is 1.92 bits per heavy atom. The summed E-state index contributed by atoms with van der Waals surface area (Å²) in [5.41, 5.74) is 1.12. The van der Waals surface area contributed by atoms with Crippen LogP contribution in [0.1, 0.15) is 35.9 Å². The molecule has 1 aromatic heterocycles. The number of hydrogen-bond acceptors (Lipinski definition) is 3. The number of carbonyl (C=O) groups is 1. The van der Waals surface area contributed by atoms with Crippen molar-refractivity contribution in [3.05, 3.63) is 11.3 Å². The average molecular weight is 404 g/mol. The monoisotopic (exact) mass is 403 g/mol. The van der Waals surface area contributed by atoms with Gasteiger partial charge in [0.2, 0.25) is 5.92 Å². The fourth-order valence-corrected chi connectivity index (χ4v) is 3.09. The van der Waals surface area contributed by atoms with Crippen molar-refractivity contribution in [3.63, 3.8) is 0 Å². The number of nitrogens with one attached hydrogen (secondary N) is 3. The van der Waals surface area contributed by atoms with Crippen molar-refractivity contribution in [2.75, 3.05) is 25.0 Å². The minimum Gasteiger partial charge on any atom is -0.329 e. The average Bonchev–Trinajstić information content (AvgIpc) is 2.69. The number of anilines is 1. The number of nitrogens with zero attached hydrogens (tertiary/aromatic N) is 2. The van der Waals surface area contributed by atoms with Crippen LogP contribution in [-0.4, -0.2) is 47.5 Å². The number of carbonyl (C=O) groups excluding carboxylic acids is 1. The third-order valence-corrected chi connectivity index (χ3v) is 4.46. The van der Waals surface area contributed by atoms with E-state index in [4.69, 9.17) is 0 Å². The number of halogens is 6. The molecule has 2 amide bonds. The fraction of sp³-hybridized carbons (Fsp3) is 0.714. The summed E-state index contributed by atoms with van der Waals surface area (Å²) in [5, 5.41) is 11.4. The van der Waals surface area contributed by atoms with Crippen molar-refractivity contribution >= 4 is 24.3 Å². The van der Waals surface area contributed by atoms with E-state index in [2.05, 4.69) is 15.7 Å². The number of amides is 2. The first kappa shape index (κ1) is 20.7. The second-order valence-electron chi connectivity index (χ2n) is 6.51. The molecule has 0 atom stereocenters. The normalized spacial score (nSPS) is 19.9. The molecule has 6 nitrogen and oxygen atoms in total. The van der Waals surface area contributed by atoms with Crippen molar-refractivity contribution in [3.8, 4) is 0 Å². The predicted octanol–water partition coefficient (Wildman–Crippen LogP) is 2.73. The van der Waals surface area contributed by atoms with Gasteiger partial charge in [-0.05, 0) is 0 Å². The van der Waals surface area contributed by atoms with Gasteiger partial charge in [-0.2, -0.15) is 18.3 Å². The summed E-state index contributed by atoms with van der Waals surface area (Å²) in [6, 6.07) is -1.01. The Labute approximate surface area is 152 Å². The van der Waals surface area contributed by atoms with Gasteiger partial charge in [-0.25, -0.2) is 13.6 Å². The molecule has 2 fully saturated rings. The van der Waals surface area contributed by atoms with E-state index < -0.39 is 30.6 Å². The highest BCUT2D eigenvalue weighted by molar-refractivity contribution is 5.89. The van der Waals surface area contributed by atoms with Crippen molar-refractivity contribution < 1.29 is 26.7 Å². The van der Waals surface area contributed by atoms with E-state index >= 15 is 0 Å². The van der Waals surface area contributed by atoms with Crippen LogP contribution in [0.2, 0.25) is 0 Å². The van der Waals surface area contributed by atoms with Crippen LogP contribution in [0.15, 0.2) is 0 Å². The molecule has 2 aliphatic rings. The van der Waals surface area contributed by atoms with E-state index in [1.54, 1.807) is 5.32 Å². The van der Waals surface area contributed by atoms with Gasteiger partial charge < -0.3 is 10.6 Å². The minimum atomic E-state index is -4.52. The van der Waals surface area contributed by atoms with Crippen LogP contribution in [0.25, 0.3) is 0 Å². The van der Waals surface area contributed by atoms with Crippen LogP contribution in [0.3, 0.4) is 0 Å². The Balaban J connectivity index is 0.00000243. The first-order valence-electron chi connectivity index (χ1n) is 7.83. The van der Waals surface area contributed by atoms with Gasteiger partial charge in [0, 0.05) is 50.4 Å². The number of aromatic nitrogens is 2. The zero-order valence-corrected chi connectivity index (χ0v) is 14.6. The molecule has 2 heterocycles. The SMILES string of the molecule is Cl.Cn1nc(C2CC(F)(F)C2)c(C2CNC2)c1NC(=O)NCC(F)(F)F. The maximum absolute atomic E-state index is 13.2. The van der Waals surface area contributed by atoms with Crippen molar-refractivity contribution in [2.45, 2.75) is 36.8 Å². The lowest BCUT2D eigenvalue weighted by molar-refractivity contribution is -0.122. The largest absolute Gasteiger partial charge is 0.405 e. The van der Waals surface area contributed by atoms with E-state index in [1.807, 2.05) is 0 Å². The van der Waals surface area contributed by atoms with Crippen LogP contribution >= 0.6 is 12.4 Å². The van der Waals surface area contributed by atoms with Crippen LogP contribution in [-0.2, 0) is 7.05 Å². The van der Waals surface area contributed by atoms with Gasteiger partial charge in [0.1, 0.15) is 12.4 Å². The molecule has 1 saturated heterocycles. The summed E-state index contributed by atoms with van der Waals surface area (Å²) in [6.07, 6.45) is -5.14. The Bertz CT molecular complexity index is 665. The zero-order valence-electron chi connectivity index (χ0n) is 13.8. The molecule has 0 spiro atoms. The lowest BCUT2D eigenvalue weighted by atomic mass is 9.76. The van der Waals surface area contributed by atoms with Crippen molar-refractivity contribution in [1.29, 1.82) is 0 Å². The molecular formula is C14H19ClF5N5O. The molecule has 1 aliphatic heterocycles. The van der Waals surface area contributed by atoms with E-state index in [1.165, 1.54) is 11.7 Å². The minimum absolute atomic E-state index is 0. The van der Waals surface area contributed by atoms with Gasteiger partial charge in [0.25, 0.3) is 0 Å². The van der Waals surface area contributed by atoms with Gasteiger partial charge >= 0.3 is 12.2 Å². The van der Waals surface area contributed by atoms with E-state index in [0.717, 1.165) is 0 Å². The third kappa shape index (κ3) is 4.37. The van der Waals surface area contributed by atoms with Gasteiger partial charge in [0.05, 0.1) is 5.69 Å². The molecule has 1 aromatic rings. The molecule has 26 heavy (non-hydrogen) atoms. The molecule has 1 saturated carbocycles. The van der Waals surface area contributed by atoms with E-state index in [-0.39, 0.29) is 37.0 Å². The van der Waals surface area contributed by atoms with Crippen LogP contribution < -0.4 is 16.0 Å². The summed E-state index contributed by atoms with van der Waals surface area (Å²) in [5.74, 6) is -2.90. The Kier molecular flexibility index (Phi) is 5.71. The second-order valence-corrected chi connectivity index (χ2v) is 6.51. The van der Waals surface area contributed by atoms with Gasteiger partial charge in [0.15, 0.2) is 0 Å². The summed E-state index contributed by atoms with van der Waals surface area (Å²) in [7, 11) is 1.52. The van der Waals surface area contributed by atoms with Crippen molar-refractivity contribution in [1.82, 2.24) is 20.4 Å². The smallest absolute Gasteiger partial charge is 0.329 e. The molecule has 0 aromatic carbocycles. The van der Waals surface area contributed by atoms with Crippen LogP contribution in [0.5, 0.6) is 0 Å². The Hall–Kier alpha value is -1.62. The van der Waals surface area contributed by atoms with E-state index in [9.17, 15) is 26.7 Å². The third-order valence-electron chi connectivity index (χ3n) is 4.46. The first-order valence-corrected chi connectivity index (χ1v) is 7.83. The van der Waals surface area contributed by atoms with Crippen LogP contribution in [0, 0.1) is 0 Å². The summed E-state index contributed by atoms with van der Waals surface area (Å²) in [6.45, 7) is -0.264. The number of urea groups is 1. The second kappa shape index (κ2) is 7.18. The Morgan fingerprint density at radius 3 is 2.38 bits per heavy atom. The standard InChI is InChI=1S/C14H18F5N5O.ClH/c1-24-11(22-12(25)21-6-14(17,18)19)9(8-4-20-5-8)10(23-24)7-2-13(15,16)3-7;/h7-8,20H,2-6H2,1H3,(H2,21,22,25);1H. The number of rotatable bonds is 4. The van der Waals surface area contributed by atoms with Crippen LogP contribution in [0.4, 0.5) is 32.6 Å². The van der Waals surface area contributed by atoms with Gasteiger partial charge in [-0.15, -0.1) is 12.4 Å². The number of alkyl halides is 5. The van der Waals surface area contributed by atoms with E-state index in [0.29, 0.717) is 24.3 Å². The summed E-state index contributed by atoms with van der Waals surface area (Å²) < 4.78 is 64.3. The predicted molar refractivity (Wildman–Crippen MR) is 86.1 cm³/mol. The molecule has 0 unspecified atom stereocenters. The zero-order chi connectivity index (χ0) is 18.4. The molecular weight excluding hydrogens is 385 g/mol. The molecule has 12 heteroatoms. The first-order chi connectivity index (χ1) is 11.6. The molecule has 3 N–H and O–H groups in total. The lowest BCUT2D eigenvalue weighted by Gasteiger charge is -2.36. The topological polar surface area (TPSA) is 71.0 Å².